The van der Waals surface area contributed by atoms with Gasteiger partial charge in [0.2, 0.25) is 5.89 Å². The van der Waals surface area contributed by atoms with Crippen molar-refractivity contribution in [3.63, 3.8) is 0 Å². The van der Waals surface area contributed by atoms with Crippen LogP contribution in [0.5, 0.6) is 0 Å². The molecule has 2 rings (SSSR count). The number of carboxylic acids is 1. The second-order valence-corrected chi connectivity index (χ2v) is 4.01. The molecule has 0 radical (unpaired) electrons. The van der Waals surface area contributed by atoms with E-state index in [4.69, 9.17) is 15.3 Å². The average molecular weight is 252 g/mol. The van der Waals surface area contributed by atoms with Gasteiger partial charge in [-0.15, -0.1) is 10.2 Å². The highest BCUT2D eigenvalue weighted by Gasteiger charge is 2.15. The summed E-state index contributed by atoms with van der Waals surface area (Å²) in [5, 5.41) is 16.9. The summed E-state index contributed by atoms with van der Waals surface area (Å²) in [7, 11) is 0. The first kappa shape index (κ1) is 11.4. The Kier molecular flexibility index (Phi) is 2.96. The summed E-state index contributed by atoms with van der Waals surface area (Å²) in [5.74, 6) is -0.686. The first-order valence-corrected chi connectivity index (χ1v) is 5.35. The Morgan fingerprint density at radius 1 is 1.53 bits per heavy atom. The van der Waals surface area contributed by atoms with Crippen molar-refractivity contribution in [2.75, 3.05) is 5.73 Å². The third-order valence-electron chi connectivity index (χ3n) is 1.88. The van der Waals surface area contributed by atoms with E-state index in [2.05, 4.69) is 15.2 Å². The van der Waals surface area contributed by atoms with Crippen LogP contribution in [-0.2, 0) is 0 Å². The quantitative estimate of drug-likeness (QED) is 0.837. The van der Waals surface area contributed by atoms with Gasteiger partial charge in [-0.25, -0.2) is 9.78 Å². The topological polar surface area (TPSA) is 115 Å². The normalized spacial score (nSPS) is 10.4. The maximum atomic E-state index is 10.9. The Morgan fingerprint density at radius 3 is 2.88 bits per heavy atom. The van der Waals surface area contributed by atoms with Crippen LogP contribution in [0.1, 0.15) is 16.2 Å². The Morgan fingerprint density at radius 2 is 2.29 bits per heavy atom. The smallest absolute Gasteiger partial charge is 0.337 e. The number of nitrogen functional groups attached to an aromatic ring is 1. The van der Waals surface area contributed by atoms with Gasteiger partial charge in [-0.2, -0.15) is 0 Å². The third-order valence-corrected chi connectivity index (χ3v) is 2.73. The van der Waals surface area contributed by atoms with E-state index in [1.807, 2.05) is 0 Å². The van der Waals surface area contributed by atoms with Gasteiger partial charge in [-0.3, -0.25) is 0 Å². The van der Waals surface area contributed by atoms with Gasteiger partial charge in [0, 0.05) is 13.1 Å². The molecule has 0 bridgehead atoms. The van der Waals surface area contributed by atoms with Gasteiger partial charge in [0.05, 0.1) is 11.3 Å². The monoisotopic (exact) mass is 252 g/mol. The number of nitrogens with zero attached hydrogens (tertiary/aromatic N) is 3. The Bertz CT molecular complexity index is 569. The second-order valence-electron chi connectivity index (χ2n) is 3.07. The zero-order valence-electron chi connectivity index (χ0n) is 8.75. The van der Waals surface area contributed by atoms with Crippen molar-refractivity contribution in [1.82, 2.24) is 15.2 Å². The highest BCUT2D eigenvalue weighted by molar-refractivity contribution is 7.99. The van der Waals surface area contributed by atoms with Crippen molar-refractivity contribution >= 4 is 23.4 Å². The van der Waals surface area contributed by atoms with Crippen LogP contribution in [0.3, 0.4) is 0 Å². The van der Waals surface area contributed by atoms with E-state index in [0.29, 0.717) is 10.9 Å². The minimum absolute atomic E-state index is 0.00117. The van der Waals surface area contributed by atoms with Gasteiger partial charge in [0.1, 0.15) is 5.03 Å². The summed E-state index contributed by atoms with van der Waals surface area (Å²) in [5.41, 5.74) is 5.77. The largest absolute Gasteiger partial charge is 0.478 e. The van der Waals surface area contributed by atoms with Gasteiger partial charge in [0.15, 0.2) is 0 Å². The molecule has 0 saturated heterocycles. The molecule has 17 heavy (non-hydrogen) atoms. The van der Waals surface area contributed by atoms with Crippen LogP contribution in [0.4, 0.5) is 5.69 Å². The average Bonchev–Trinajstić information content (AvgIpc) is 2.67. The van der Waals surface area contributed by atoms with E-state index in [1.54, 1.807) is 6.92 Å². The fourth-order valence-corrected chi connectivity index (χ4v) is 1.87. The molecule has 3 N–H and O–H groups in total. The number of hydrogen-bond donors (Lipinski definition) is 2. The van der Waals surface area contributed by atoms with Crippen molar-refractivity contribution in [3.05, 3.63) is 23.7 Å². The predicted octanol–water partition coefficient (Wildman–Crippen LogP) is 1.20. The lowest BCUT2D eigenvalue weighted by molar-refractivity contribution is 0.0697. The third kappa shape index (κ3) is 2.36. The maximum Gasteiger partial charge on any atom is 0.337 e. The molecule has 0 fully saturated rings. The molecule has 8 heteroatoms. The molecular formula is C9H8N4O3S. The molecule has 0 unspecified atom stereocenters. The SMILES string of the molecule is Cc1nnc(Sc2nccc(C(=O)O)c2N)o1. The standard InChI is InChI=1S/C9H8N4O3S/c1-4-12-13-9(16-4)17-7-6(10)5(8(14)15)2-3-11-7/h2-3H,10H2,1H3,(H,14,15). The summed E-state index contributed by atoms with van der Waals surface area (Å²) in [4.78, 5) is 14.8. The lowest BCUT2D eigenvalue weighted by Gasteiger charge is -2.03. The van der Waals surface area contributed by atoms with Crippen LogP contribution in [0, 0.1) is 6.92 Å². The van der Waals surface area contributed by atoms with Crippen LogP contribution in [-0.4, -0.2) is 26.3 Å². The number of nitrogens with two attached hydrogens (primary N) is 1. The molecule has 0 spiro atoms. The molecule has 0 aromatic carbocycles. The number of hydrogen-bond acceptors (Lipinski definition) is 7. The number of anilines is 1. The van der Waals surface area contributed by atoms with Gasteiger partial charge >= 0.3 is 5.97 Å². The van der Waals surface area contributed by atoms with Crippen LogP contribution in [0.25, 0.3) is 0 Å². The molecule has 0 atom stereocenters. The van der Waals surface area contributed by atoms with E-state index in [9.17, 15) is 4.79 Å². The van der Waals surface area contributed by atoms with Crippen molar-refractivity contribution < 1.29 is 14.3 Å². The summed E-state index contributed by atoms with van der Waals surface area (Å²) in [6.07, 6.45) is 1.37. The molecule has 0 aliphatic carbocycles. The number of aromatic carboxylic acids is 1. The first-order chi connectivity index (χ1) is 8.08. The Hall–Kier alpha value is -2.09. The Balaban J connectivity index is 2.33. The van der Waals surface area contributed by atoms with E-state index >= 15 is 0 Å². The number of aromatic nitrogens is 3. The molecule has 0 aliphatic heterocycles. The molecular weight excluding hydrogens is 244 g/mol. The molecule has 2 heterocycles. The van der Waals surface area contributed by atoms with Crippen LogP contribution >= 0.6 is 11.8 Å². The van der Waals surface area contributed by atoms with Crippen LogP contribution < -0.4 is 5.73 Å². The van der Waals surface area contributed by atoms with Crippen LogP contribution in [0.2, 0.25) is 0 Å². The minimum Gasteiger partial charge on any atom is -0.478 e. The highest BCUT2D eigenvalue weighted by Crippen LogP contribution is 2.30. The fourth-order valence-electron chi connectivity index (χ4n) is 1.12. The van der Waals surface area contributed by atoms with E-state index in [1.165, 1.54) is 12.3 Å². The Labute approximate surface area is 100 Å². The predicted molar refractivity (Wildman–Crippen MR) is 58.8 cm³/mol. The van der Waals surface area contributed by atoms with E-state index < -0.39 is 5.97 Å². The minimum atomic E-state index is -1.10. The van der Waals surface area contributed by atoms with Crippen molar-refractivity contribution in [2.45, 2.75) is 17.2 Å². The molecule has 2 aromatic heterocycles. The number of pyridine rings is 1. The molecule has 2 aromatic rings. The van der Waals surface area contributed by atoms with Gasteiger partial charge in [-0.1, -0.05) is 0 Å². The second kappa shape index (κ2) is 4.42. The number of rotatable bonds is 3. The summed E-state index contributed by atoms with van der Waals surface area (Å²) < 4.78 is 5.14. The van der Waals surface area contributed by atoms with Crippen molar-refractivity contribution in [3.8, 4) is 0 Å². The van der Waals surface area contributed by atoms with E-state index in [0.717, 1.165) is 11.8 Å². The first-order valence-electron chi connectivity index (χ1n) is 4.53. The molecule has 88 valence electrons. The number of carboxylic acid groups (broad SMARTS) is 1. The molecule has 0 aliphatic rings. The number of aryl methyl sites for hydroxylation is 1. The van der Waals surface area contributed by atoms with Gasteiger partial charge in [-0.05, 0) is 17.8 Å². The molecule has 0 saturated carbocycles. The fraction of sp³-hybridized carbons (Fsp3) is 0.111. The van der Waals surface area contributed by atoms with Crippen molar-refractivity contribution in [2.24, 2.45) is 0 Å². The summed E-state index contributed by atoms with van der Waals surface area (Å²) in [6.45, 7) is 1.65. The van der Waals surface area contributed by atoms with Crippen molar-refractivity contribution in [1.29, 1.82) is 0 Å². The molecule has 7 nitrogen and oxygen atoms in total. The van der Waals surface area contributed by atoms with Gasteiger partial charge < -0.3 is 15.3 Å². The lowest BCUT2D eigenvalue weighted by atomic mass is 10.2. The van der Waals surface area contributed by atoms with Gasteiger partial charge in [0.25, 0.3) is 5.22 Å². The molecule has 0 amide bonds. The zero-order valence-corrected chi connectivity index (χ0v) is 9.56. The zero-order chi connectivity index (χ0) is 12.4. The highest BCUT2D eigenvalue weighted by atomic mass is 32.2. The van der Waals surface area contributed by atoms with E-state index in [-0.39, 0.29) is 16.5 Å². The lowest BCUT2D eigenvalue weighted by Crippen LogP contribution is -2.04. The summed E-state index contributed by atoms with van der Waals surface area (Å²) in [6, 6.07) is 1.33. The van der Waals surface area contributed by atoms with Crippen LogP contribution in [0.15, 0.2) is 26.9 Å². The maximum absolute atomic E-state index is 10.9. The number of carbonyl (C=O) groups is 1. The summed E-state index contributed by atoms with van der Waals surface area (Å²) >= 11 is 1.03.